The molecule has 1 fully saturated rings. The first-order valence-corrected chi connectivity index (χ1v) is 14.4. The van der Waals surface area contributed by atoms with Crippen LogP contribution >= 0.6 is 0 Å². The number of para-hydroxylation sites is 1. The number of halogens is 2. The first-order chi connectivity index (χ1) is 21.7. The van der Waals surface area contributed by atoms with Crippen molar-refractivity contribution >= 4 is 51.7 Å². The quantitative estimate of drug-likeness (QED) is 0.152. The summed E-state index contributed by atoms with van der Waals surface area (Å²) in [6, 6.07) is 21.6. The number of amides is 3. The Morgan fingerprint density at radius 1 is 0.800 bits per heavy atom. The molecule has 0 spiro atoms. The number of fused-ring (bicyclic) bond motifs is 1. The Morgan fingerprint density at radius 3 is 2.22 bits per heavy atom. The van der Waals surface area contributed by atoms with Crippen molar-refractivity contribution in [3.05, 3.63) is 119 Å². The number of hydrogen-bond acceptors (Lipinski definition) is 6. The fraction of sp³-hybridized carbons (Fsp3) is 0.147. The second-order valence-electron chi connectivity index (χ2n) is 10.8. The molecule has 11 heteroatoms. The second-order valence-corrected chi connectivity index (χ2v) is 10.8. The number of carbonyl (C=O) groups is 3. The molecule has 0 aliphatic carbocycles. The van der Waals surface area contributed by atoms with Crippen LogP contribution in [-0.4, -0.2) is 55.8 Å². The summed E-state index contributed by atoms with van der Waals surface area (Å²) >= 11 is 0. The number of hydrogen-bond donors (Lipinski definition) is 4. The zero-order valence-electron chi connectivity index (χ0n) is 24.4. The molecule has 4 N–H and O–H groups in total. The van der Waals surface area contributed by atoms with Crippen molar-refractivity contribution in [3.8, 4) is 0 Å². The number of nitrogens with zero attached hydrogens (tertiary/aromatic N) is 2. The van der Waals surface area contributed by atoms with Crippen LogP contribution in [0.5, 0.6) is 0 Å². The monoisotopic (exact) mass is 608 g/mol. The van der Waals surface area contributed by atoms with Crippen molar-refractivity contribution in [2.24, 2.45) is 0 Å². The maximum absolute atomic E-state index is 13.9. The fourth-order valence-corrected chi connectivity index (χ4v) is 5.27. The molecule has 6 rings (SSSR count). The Balaban J connectivity index is 1.12. The van der Waals surface area contributed by atoms with E-state index in [1.165, 1.54) is 12.1 Å². The number of rotatable bonds is 7. The molecule has 0 radical (unpaired) electrons. The van der Waals surface area contributed by atoms with Gasteiger partial charge in [0.15, 0.2) is 5.78 Å². The van der Waals surface area contributed by atoms with Gasteiger partial charge in [-0.05, 0) is 61.6 Å². The lowest BCUT2D eigenvalue weighted by atomic mass is 9.99. The maximum atomic E-state index is 13.9. The summed E-state index contributed by atoms with van der Waals surface area (Å²) in [6.07, 6.45) is 1.65. The summed E-state index contributed by atoms with van der Waals surface area (Å²) in [5.41, 5.74) is 3.87. The van der Waals surface area contributed by atoms with Crippen LogP contribution in [0, 0.1) is 11.6 Å². The van der Waals surface area contributed by atoms with Gasteiger partial charge in [0.25, 0.3) is 5.91 Å². The number of benzene rings is 4. The van der Waals surface area contributed by atoms with Crippen molar-refractivity contribution in [2.75, 3.05) is 59.4 Å². The lowest BCUT2D eigenvalue weighted by Crippen LogP contribution is -2.44. The van der Waals surface area contributed by atoms with Crippen molar-refractivity contribution in [1.29, 1.82) is 0 Å². The number of urea groups is 1. The Bertz CT molecular complexity index is 1800. The summed E-state index contributed by atoms with van der Waals surface area (Å²) < 4.78 is 27.8. The molecule has 2 heterocycles. The summed E-state index contributed by atoms with van der Waals surface area (Å²) in [6.45, 7) is 4.01. The van der Waals surface area contributed by atoms with E-state index in [1.807, 2.05) is 12.1 Å². The molecule has 0 bridgehead atoms. The van der Waals surface area contributed by atoms with Crippen molar-refractivity contribution in [3.63, 3.8) is 0 Å². The Kier molecular flexibility index (Phi) is 8.26. The molecule has 0 saturated carbocycles. The molecule has 0 unspecified atom stereocenters. The Morgan fingerprint density at radius 2 is 1.49 bits per heavy atom. The zero-order chi connectivity index (χ0) is 31.5. The third-order valence-corrected chi connectivity index (χ3v) is 7.77. The lowest BCUT2D eigenvalue weighted by molar-refractivity contribution is -0.110. The average molecular weight is 609 g/mol. The van der Waals surface area contributed by atoms with Gasteiger partial charge < -0.3 is 31.1 Å². The Hall–Kier alpha value is -5.55. The van der Waals surface area contributed by atoms with E-state index in [0.717, 1.165) is 49.7 Å². The van der Waals surface area contributed by atoms with Crippen LogP contribution < -0.4 is 26.2 Å². The van der Waals surface area contributed by atoms with Gasteiger partial charge in [0.05, 0.1) is 5.57 Å². The predicted octanol–water partition coefficient (Wildman–Crippen LogP) is 6.00. The third-order valence-electron chi connectivity index (χ3n) is 7.77. The topological polar surface area (TPSA) is 106 Å². The van der Waals surface area contributed by atoms with Gasteiger partial charge in [-0.25, -0.2) is 13.6 Å². The molecule has 0 atom stereocenters. The van der Waals surface area contributed by atoms with Crippen LogP contribution in [0.4, 0.5) is 42.0 Å². The molecule has 0 aromatic heterocycles. The minimum absolute atomic E-state index is 0.248. The number of carbonyl (C=O) groups excluding carboxylic acids is 3. The normalized spacial score (nSPS) is 15.4. The first-order valence-electron chi connectivity index (χ1n) is 14.4. The molecule has 9 nitrogen and oxygen atoms in total. The van der Waals surface area contributed by atoms with Crippen molar-refractivity contribution in [2.45, 2.75) is 0 Å². The maximum Gasteiger partial charge on any atom is 0.323 e. The van der Waals surface area contributed by atoms with E-state index in [1.54, 1.807) is 42.6 Å². The van der Waals surface area contributed by atoms with Gasteiger partial charge in [0.1, 0.15) is 17.3 Å². The van der Waals surface area contributed by atoms with E-state index in [-0.39, 0.29) is 22.9 Å². The lowest BCUT2D eigenvalue weighted by Gasteiger charge is -2.34. The van der Waals surface area contributed by atoms with E-state index in [0.29, 0.717) is 22.4 Å². The van der Waals surface area contributed by atoms with Gasteiger partial charge >= 0.3 is 6.03 Å². The molecule has 4 aromatic rings. The summed E-state index contributed by atoms with van der Waals surface area (Å²) in [5, 5.41) is 10.6. The highest BCUT2D eigenvalue weighted by Gasteiger charge is 2.25. The molecular formula is C34H30F2N6O3. The summed E-state index contributed by atoms with van der Waals surface area (Å²) in [7, 11) is 2.12. The fourth-order valence-electron chi connectivity index (χ4n) is 5.27. The number of piperazine rings is 1. The standard InChI is InChI=1S/C34H30F2N6O3/c1-41-14-16-42(17-15-41)25-11-9-23(10-12-25)37-20-27-26-13-8-22(19-30(26)39-33(27)44)32(43)21-4-2-5-24(18-21)38-34(45)40-31-28(35)6-3-7-29(31)36/h2-13,18-20,37H,14-17H2,1H3,(H,39,44)(H2,38,40,45)/b27-20+. The van der Waals surface area contributed by atoms with Crippen LogP contribution in [0.1, 0.15) is 21.5 Å². The average Bonchev–Trinajstić information content (AvgIpc) is 3.36. The zero-order valence-corrected chi connectivity index (χ0v) is 24.4. The smallest absolute Gasteiger partial charge is 0.323 e. The molecular weight excluding hydrogens is 578 g/mol. The number of nitrogens with one attached hydrogen (secondary N) is 4. The third kappa shape index (κ3) is 6.53. The molecule has 2 aliphatic heterocycles. The van der Waals surface area contributed by atoms with Crippen molar-refractivity contribution in [1.82, 2.24) is 4.90 Å². The van der Waals surface area contributed by atoms with Crippen LogP contribution in [0.3, 0.4) is 0 Å². The number of anilines is 5. The molecule has 45 heavy (non-hydrogen) atoms. The molecule has 2 aliphatic rings. The van der Waals surface area contributed by atoms with E-state index in [9.17, 15) is 23.2 Å². The first kappa shape index (κ1) is 29.5. The SMILES string of the molecule is CN1CCN(c2ccc(N/C=C3/C(=O)Nc4cc(C(=O)c5cccc(NC(=O)Nc6c(F)cccc6F)c5)ccc43)cc2)CC1. The molecule has 228 valence electrons. The van der Waals surface area contributed by atoms with Crippen LogP contribution in [0.25, 0.3) is 5.57 Å². The van der Waals surface area contributed by atoms with Crippen LogP contribution in [-0.2, 0) is 4.79 Å². The number of likely N-dealkylation sites (N-methyl/N-ethyl adjacent to an activating group) is 1. The largest absolute Gasteiger partial charge is 0.369 e. The Labute approximate surface area is 258 Å². The highest BCUT2D eigenvalue weighted by atomic mass is 19.1. The summed E-state index contributed by atoms with van der Waals surface area (Å²) in [5.74, 6) is -2.46. The van der Waals surface area contributed by atoms with Gasteiger partial charge in [0, 0.05) is 71.8 Å². The van der Waals surface area contributed by atoms with Crippen LogP contribution in [0.15, 0.2) is 91.1 Å². The minimum Gasteiger partial charge on any atom is -0.369 e. The predicted molar refractivity (Wildman–Crippen MR) is 172 cm³/mol. The van der Waals surface area contributed by atoms with Gasteiger partial charge in [-0.3, -0.25) is 9.59 Å². The van der Waals surface area contributed by atoms with Gasteiger partial charge in [-0.2, -0.15) is 0 Å². The number of ketones is 1. The molecule has 3 amide bonds. The van der Waals surface area contributed by atoms with E-state index in [4.69, 9.17) is 0 Å². The van der Waals surface area contributed by atoms with Crippen molar-refractivity contribution < 1.29 is 23.2 Å². The van der Waals surface area contributed by atoms with E-state index < -0.39 is 23.4 Å². The van der Waals surface area contributed by atoms with Gasteiger partial charge in [-0.1, -0.05) is 30.3 Å². The van der Waals surface area contributed by atoms with E-state index >= 15 is 0 Å². The molecule has 4 aromatic carbocycles. The minimum atomic E-state index is -0.915. The highest BCUT2D eigenvalue weighted by Crippen LogP contribution is 2.33. The summed E-state index contributed by atoms with van der Waals surface area (Å²) in [4.78, 5) is 43.2. The van der Waals surface area contributed by atoms with Gasteiger partial charge in [-0.15, -0.1) is 0 Å². The second kappa shape index (κ2) is 12.6. The van der Waals surface area contributed by atoms with E-state index in [2.05, 4.69) is 50.2 Å². The highest BCUT2D eigenvalue weighted by molar-refractivity contribution is 6.32. The van der Waals surface area contributed by atoms with Gasteiger partial charge in [0.2, 0.25) is 0 Å². The van der Waals surface area contributed by atoms with Crippen LogP contribution in [0.2, 0.25) is 0 Å². The molecule has 1 saturated heterocycles.